The summed E-state index contributed by atoms with van der Waals surface area (Å²) in [6.45, 7) is -0.374. The molecular weight excluding hydrogens is 430 g/mol. The molecule has 1 aromatic heterocycles. The highest BCUT2D eigenvalue weighted by Crippen LogP contribution is 2.26. The fourth-order valence-electron chi connectivity index (χ4n) is 2.24. The Hall–Kier alpha value is -3.46. The molecule has 0 bridgehead atoms. The quantitative estimate of drug-likeness (QED) is 0.423. The maximum atomic E-state index is 12.0. The van der Waals surface area contributed by atoms with Crippen molar-refractivity contribution >= 4 is 33.2 Å². The number of hydrogen-bond acceptors (Lipinski definition) is 6. The van der Waals surface area contributed by atoms with Gasteiger partial charge in [0.2, 0.25) is 5.88 Å². The molecule has 1 N–H and O–H groups in total. The summed E-state index contributed by atoms with van der Waals surface area (Å²) in [4.78, 5) is 26.5. The lowest BCUT2D eigenvalue weighted by atomic mass is 10.3. The van der Waals surface area contributed by atoms with E-state index in [2.05, 4.69) is 26.2 Å². The van der Waals surface area contributed by atoms with E-state index in [1.807, 2.05) is 12.1 Å². The lowest BCUT2D eigenvalue weighted by Gasteiger charge is -2.09. The molecule has 9 heteroatoms. The number of carbonyl (C=O) groups is 1. The number of rotatable bonds is 7. The number of pyridine rings is 1. The highest BCUT2D eigenvalue weighted by Gasteiger charge is 2.15. The Morgan fingerprint density at radius 2 is 1.96 bits per heavy atom. The standard InChI is InChI=1S/C19H14BrN3O5/c20-13-4-3-5-15(10-13)28-19-9-8-14(11-21-19)22-18(24)12-27-17-7-2-1-6-16(17)23(25)26/h1-11H,12H2,(H,22,24). The van der Waals surface area contributed by atoms with Crippen molar-refractivity contribution in [3.8, 4) is 17.4 Å². The van der Waals surface area contributed by atoms with Crippen molar-refractivity contribution in [1.82, 2.24) is 4.98 Å². The zero-order chi connectivity index (χ0) is 19.9. The first-order valence-electron chi connectivity index (χ1n) is 8.07. The molecule has 0 unspecified atom stereocenters. The van der Waals surface area contributed by atoms with E-state index in [4.69, 9.17) is 9.47 Å². The molecule has 0 atom stereocenters. The second-order valence-electron chi connectivity index (χ2n) is 5.51. The number of anilines is 1. The van der Waals surface area contributed by atoms with Crippen molar-refractivity contribution in [3.05, 3.63) is 81.4 Å². The molecular formula is C19H14BrN3O5. The van der Waals surface area contributed by atoms with E-state index < -0.39 is 10.8 Å². The molecule has 28 heavy (non-hydrogen) atoms. The summed E-state index contributed by atoms with van der Waals surface area (Å²) in [5.74, 6) is 0.544. The first-order chi connectivity index (χ1) is 13.5. The third kappa shape index (κ3) is 5.27. The van der Waals surface area contributed by atoms with Crippen LogP contribution < -0.4 is 14.8 Å². The number of halogens is 1. The predicted molar refractivity (Wildman–Crippen MR) is 106 cm³/mol. The van der Waals surface area contributed by atoms with Crippen molar-refractivity contribution in [2.75, 3.05) is 11.9 Å². The van der Waals surface area contributed by atoms with Crippen LogP contribution in [0.2, 0.25) is 0 Å². The zero-order valence-electron chi connectivity index (χ0n) is 14.4. The fourth-order valence-corrected chi connectivity index (χ4v) is 2.61. The van der Waals surface area contributed by atoms with Gasteiger partial charge in [0, 0.05) is 16.6 Å². The fraction of sp³-hybridized carbons (Fsp3) is 0.0526. The van der Waals surface area contributed by atoms with Gasteiger partial charge < -0.3 is 14.8 Å². The van der Waals surface area contributed by atoms with E-state index in [0.717, 1.165) is 4.47 Å². The van der Waals surface area contributed by atoms with Gasteiger partial charge in [-0.25, -0.2) is 4.98 Å². The number of amides is 1. The molecule has 142 valence electrons. The predicted octanol–water partition coefficient (Wildman–Crippen LogP) is 4.56. The topological polar surface area (TPSA) is 104 Å². The van der Waals surface area contributed by atoms with Gasteiger partial charge in [-0.3, -0.25) is 14.9 Å². The Balaban J connectivity index is 1.55. The number of benzene rings is 2. The minimum atomic E-state index is -0.568. The molecule has 1 amide bonds. The van der Waals surface area contributed by atoms with E-state index in [0.29, 0.717) is 17.3 Å². The molecule has 0 aliphatic heterocycles. The van der Waals surface area contributed by atoms with Crippen LogP contribution in [0.15, 0.2) is 71.3 Å². The van der Waals surface area contributed by atoms with Crippen molar-refractivity contribution < 1.29 is 19.2 Å². The molecule has 0 aliphatic carbocycles. The number of nitrogens with zero attached hydrogens (tertiary/aromatic N) is 2. The molecule has 3 rings (SSSR count). The Morgan fingerprint density at radius 1 is 1.14 bits per heavy atom. The maximum Gasteiger partial charge on any atom is 0.310 e. The smallest absolute Gasteiger partial charge is 0.310 e. The second-order valence-corrected chi connectivity index (χ2v) is 6.42. The molecule has 0 fully saturated rings. The largest absolute Gasteiger partial charge is 0.477 e. The Labute approximate surface area is 168 Å². The summed E-state index contributed by atoms with van der Waals surface area (Å²) in [6, 6.07) is 16.4. The van der Waals surface area contributed by atoms with E-state index >= 15 is 0 Å². The van der Waals surface area contributed by atoms with E-state index in [9.17, 15) is 14.9 Å². The van der Waals surface area contributed by atoms with Crippen molar-refractivity contribution in [3.63, 3.8) is 0 Å². The molecule has 0 saturated carbocycles. The van der Waals surface area contributed by atoms with Gasteiger partial charge >= 0.3 is 5.69 Å². The van der Waals surface area contributed by atoms with Crippen molar-refractivity contribution in [2.45, 2.75) is 0 Å². The lowest BCUT2D eigenvalue weighted by Crippen LogP contribution is -2.20. The first kappa shape index (κ1) is 19.3. The van der Waals surface area contributed by atoms with Crippen molar-refractivity contribution in [1.29, 1.82) is 0 Å². The van der Waals surface area contributed by atoms with Crippen LogP contribution >= 0.6 is 15.9 Å². The summed E-state index contributed by atoms with van der Waals surface area (Å²) < 4.78 is 11.7. The number of nitro benzene ring substituents is 1. The number of para-hydroxylation sites is 2. The average molecular weight is 444 g/mol. The average Bonchev–Trinajstić information content (AvgIpc) is 2.68. The molecule has 8 nitrogen and oxygen atoms in total. The number of nitro groups is 1. The highest BCUT2D eigenvalue weighted by molar-refractivity contribution is 9.10. The number of carbonyl (C=O) groups excluding carboxylic acids is 1. The van der Waals surface area contributed by atoms with E-state index in [1.165, 1.54) is 24.4 Å². The molecule has 3 aromatic rings. The number of aromatic nitrogens is 1. The minimum absolute atomic E-state index is 0.0264. The molecule has 0 saturated heterocycles. The van der Waals surface area contributed by atoms with Gasteiger partial charge in [-0.15, -0.1) is 0 Å². The molecule has 2 aromatic carbocycles. The van der Waals surface area contributed by atoms with Crippen molar-refractivity contribution in [2.24, 2.45) is 0 Å². The SMILES string of the molecule is O=C(COc1ccccc1[N+](=O)[O-])Nc1ccc(Oc2cccc(Br)c2)nc1. The number of nitrogens with one attached hydrogen (secondary N) is 1. The number of hydrogen-bond donors (Lipinski definition) is 1. The van der Waals surface area contributed by atoms with Gasteiger partial charge in [0.25, 0.3) is 5.91 Å². The third-order valence-electron chi connectivity index (χ3n) is 3.46. The third-order valence-corrected chi connectivity index (χ3v) is 3.95. The summed E-state index contributed by atoms with van der Waals surface area (Å²) in [6.07, 6.45) is 1.44. The van der Waals surface area contributed by atoms with Crippen LogP contribution in [0.4, 0.5) is 11.4 Å². The molecule has 1 heterocycles. The summed E-state index contributed by atoms with van der Waals surface area (Å²) in [5, 5.41) is 13.5. The maximum absolute atomic E-state index is 12.0. The van der Waals surface area contributed by atoms with Gasteiger partial charge in [-0.05, 0) is 30.3 Å². The summed E-state index contributed by atoms with van der Waals surface area (Å²) in [5.41, 5.74) is 0.240. The van der Waals surface area contributed by atoms with Gasteiger partial charge in [-0.1, -0.05) is 34.1 Å². The van der Waals surface area contributed by atoms with Crippen LogP contribution in [-0.2, 0) is 4.79 Å². The van der Waals surface area contributed by atoms with Gasteiger partial charge in [-0.2, -0.15) is 0 Å². The highest BCUT2D eigenvalue weighted by atomic mass is 79.9. The monoisotopic (exact) mass is 443 g/mol. The number of ether oxygens (including phenoxy) is 2. The lowest BCUT2D eigenvalue weighted by molar-refractivity contribution is -0.385. The minimum Gasteiger partial charge on any atom is -0.477 e. The Morgan fingerprint density at radius 3 is 2.68 bits per heavy atom. The van der Waals surface area contributed by atoms with E-state index in [1.54, 1.807) is 30.3 Å². The summed E-state index contributed by atoms with van der Waals surface area (Å²) >= 11 is 3.36. The van der Waals surface area contributed by atoms with Gasteiger partial charge in [0.1, 0.15) is 5.75 Å². The van der Waals surface area contributed by atoms with Crippen LogP contribution in [0.1, 0.15) is 0 Å². The molecule has 0 spiro atoms. The second kappa shape index (κ2) is 8.96. The van der Waals surface area contributed by atoms with Gasteiger partial charge in [0.05, 0.1) is 16.8 Å². The van der Waals surface area contributed by atoms with Crippen LogP contribution in [-0.4, -0.2) is 22.4 Å². The first-order valence-corrected chi connectivity index (χ1v) is 8.86. The Bertz CT molecular complexity index is 995. The zero-order valence-corrected chi connectivity index (χ0v) is 16.0. The van der Waals surface area contributed by atoms with Crippen LogP contribution in [0, 0.1) is 10.1 Å². The molecule has 0 aliphatic rings. The normalized spacial score (nSPS) is 10.2. The molecule has 0 radical (unpaired) electrons. The summed E-state index contributed by atoms with van der Waals surface area (Å²) in [7, 11) is 0. The van der Waals surface area contributed by atoms with E-state index in [-0.39, 0.29) is 18.0 Å². The van der Waals surface area contributed by atoms with Crippen LogP contribution in [0.25, 0.3) is 0 Å². The van der Waals surface area contributed by atoms with Crippen LogP contribution in [0.3, 0.4) is 0 Å². The Kier molecular flexibility index (Phi) is 6.18. The van der Waals surface area contributed by atoms with Gasteiger partial charge in [0.15, 0.2) is 12.4 Å². The van der Waals surface area contributed by atoms with Crippen LogP contribution in [0.5, 0.6) is 17.4 Å².